The molecule has 1 aliphatic heterocycles. The molecule has 1 spiro atoms. The minimum atomic E-state index is -1.63. The molecule has 2 fully saturated rings. The summed E-state index contributed by atoms with van der Waals surface area (Å²) in [6.07, 6.45) is 6.65. The Labute approximate surface area is 124 Å². The normalized spacial score (nSPS) is 23.7. The van der Waals surface area contributed by atoms with Crippen LogP contribution in [-0.2, 0) is 4.74 Å². The van der Waals surface area contributed by atoms with Gasteiger partial charge < -0.3 is 19.5 Å². The third-order valence-corrected chi connectivity index (χ3v) is 4.53. The molecular weight excluding hydrogens is 274 g/mol. The molecule has 2 aliphatic rings. The van der Waals surface area contributed by atoms with Crippen molar-refractivity contribution < 1.29 is 23.9 Å². The summed E-state index contributed by atoms with van der Waals surface area (Å²) >= 11 is 0. The molecule has 21 heavy (non-hydrogen) atoms. The molecule has 1 atom stereocenters. The molecule has 0 bridgehead atoms. The maximum atomic E-state index is 13.7. The molecule has 0 radical (unpaired) electrons. The number of benzene rings is 1. The lowest BCUT2D eigenvalue weighted by molar-refractivity contribution is -0.0512. The van der Waals surface area contributed by atoms with Gasteiger partial charge in [0.1, 0.15) is 6.61 Å². The fourth-order valence-corrected chi connectivity index (χ4v) is 3.37. The van der Waals surface area contributed by atoms with E-state index in [2.05, 4.69) is 0 Å². The molecule has 1 saturated heterocycles. The first kappa shape index (κ1) is 14.8. The van der Waals surface area contributed by atoms with Gasteiger partial charge in [-0.25, -0.2) is 4.39 Å². The highest BCUT2D eigenvalue weighted by Gasteiger charge is 2.42. The van der Waals surface area contributed by atoms with Crippen LogP contribution < -0.4 is 10.2 Å². The Kier molecular flexibility index (Phi) is 4.20. The zero-order valence-corrected chi connectivity index (χ0v) is 11.9. The maximum Gasteiger partial charge on any atom is 0.488 e. The fourth-order valence-electron chi connectivity index (χ4n) is 3.37. The van der Waals surface area contributed by atoms with E-state index in [-0.39, 0.29) is 22.9 Å². The van der Waals surface area contributed by atoms with Crippen LogP contribution >= 0.6 is 0 Å². The second-order valence-electron chi connectivity index (χ2n) is 6.04. The highest BCUT2D eigenvalue weighted by Crippen LogP contribution is 2.43. The molecule has 0 amide bonds. The molecule has 2 N–H and O–H groups in total. The predicted molar refractivity (Wildman–Crippen MR) is 77.0 cm³/mol. The van der Waals surface area contributed by atoms with Crippen molar-refractivity contribution in [1.29, 1.82) is 0 Å². The lowest BCUT2D eigenvalue weighted by Gasteiger charge is -2.23. The van der Waals surface area contributed by atoms with Crippen LogP contribution in [0.1, 0.15) is 38.5 Å². The summed E-state index contributed by atoms with van der Waals surface area (Å²) in [5.41, 5.74) is 0.251. The monoisotopic (exact) mass is 294 g/mol. The van der Waals surface area contributed by atoms with E-state index in [1.54, 1.807) is 0 Å². The Morgan fingerprint density at radius 1 is 1.29 bits per heavy atom. The van der Waals surface area contributed by atoms with Gasteiger partial charge in [0.2, 0.25) is 0 Å². The van der Waals surface area contributed by atoms with Crippen LogP contribution in [-0.4, -0.2) is 35.5 Å². The van der Waals surface area contributed by atoms with Crippen LogP contribution in [0.4, 0.5) is 4.39 Å². The summed E-state index contributed by atoms with van der Waals surface area (Å²) < 4.78 is 25.3. The van der Waals surface area contributed by atoms with Gasteiger partial charge in [-0.2, -0.15) is 0 Å². The van der Waals surface area contributed by atoms with E-state index in [4.69, 9.17) is 19.5 Å². The van der Waals surface area contributed by atoms with Gasteiger partial charge in [0, 0.05) is 0 Å². The number of halogens is 1. The lowest BCUT2D eigenvalue weighted by Crippen LogP contribution is -2.30. The molecule has 3 rings (SSSR count). The molecule has 4 nitrogen and oxygen atoms in total. The molecule has 1 saturated carbocycles. The largest absolute Gasteiger partial charge is 0.488 e. The first-order valence-electron chi connectivity index (χ1n) is 7.54. The summed E-state index contributed by atoms with van der Waals surface area (Å²) in [4.78, 5) is 0. The molecule has 114 valence electrons. The fraction of sp³-hybridized carbons (Fsp3) is 0.600. The van der Waals surface area contributed by atoms with E-state index in [1.807, 2.05) is 0 Å². The smallest absolute Gasteiger partial charge is 0.488 e. The van der Waals surface area contributed by atoms with Crippen molar-refractivity contribution in [2.75, 3.05) is 6.61 Å². The van der Waals surface area contributed by atoms with Crippen molar-refractivity contribution in [2.45, 2.75) is 50.2 Å². The summed E-state index contributed by atoms with van der Waals surface area (Å²) in [5, 5.41) is 18.2. The Morgan fingerprint density at radius 3 is 2.76 bits per heavy atom. The van der Waals surface area contributed by atoms with Crippen molar-refractivity contribution in [3.63, 3.8) is 0 Å². The van der Waals surface area contributed by atoms with Gasteiger partial charge in [0.25, 0.3) is 0 Å². The van der Waals surface area contributed by atoms with Crippen molar-refractivity contribution in [3.8, 4) is 5.75 Å². The third-order valence-electron chi connectivity index (χ3n) is 4.53. The van der Waals surface area contributed by atoms with E-state index >= 15 is 0 Å². The Balaban J connectivity index is 1.59. The van der Waals surface area contributed by atoms with Crippen LogP contribution in [0.15, 0.2) is 18.2 Å². The van der Waals surface area contributed by atoms with E-state index in [9.17, 15) is 4.39 Å². The van der Waals surface area contributed by atoms with E-state index in [1.165, 1.54) is 31.0 Å². The van der Waals surface area contributed by atoms with Gasteiger partial charge in [-0.1, -0.05) is 18.9 Å². The van der Waals surface area contributed by atoms with Gasteiger partial charge in [-0.05, 0) is 43.3 Å². The van der Waals surface area contributed by atoms with Crippen LogP contribution in [0, 0.1) is 5.82 Å². The zero-order valence-electron chi connectivity index (χ0n) is 11.9. The summed E-state index contributed by atoms with van der Waals surface area (Å²) in [7, 11) is -1.63. The SMILES string of the molecule is OB(O)c1ccc(F)c(OCC2CCC3(CCCC3)O2)c1. The second-order valence-corrected chi connectivity index (χ2v) is 6.04. The molecule has 1 aromatic carbocycles. The lowest BCUT2D eigenvalue weighted by atomic mass is 9.80. The first-order chi connectivity index (χ1) is 10.1. The quantitative estimate of drug-likeness (QED) is 0.824. The molecule has 1 unspecified atom stereocenters. The number of hydrogen-bond donors (Lipinski definition) is 2. The minimum Gasteiger partial charge on any atom is -0.488 e. The van der Waals surface area contributed by atoms with Crippen molar-refractivity contribution in [3.05, 3.63) is 24.0 Å². The average molecular weight is 294 g/mol. The number of ether oxygens (including phenoxy) is 2. The van der Waals surface area contributed by atoms with E-state index in [0.29, 0.717) is 6.61 Å². The average Bonchev–Trinajstić information content (AvgIpc) is 3.08. The minimum absolute atomic E-state index is 0.00907. The van der Waals surface area contributed by atoms with Crippen LogP contribution in [0.2, 0.25) is 0 Å². The van der Waals surface area contributed by atoms with Crippen molar-refractivity contribution in [1.82, 2.24) is 0 Å². The number of hydrogen-bond acceptors (Lipinski definition) is 4. The Bertz CT molecular complexity index is 502. The Hall–Kier alpha value is -1.11. The molecule has 6 heteroatoms. The van der Waals surface area contributed by atoms with Gasteiger partial charge in [-0.3, -0.25) is 0 Å². The molecule has 0 aromatic heterocycles. The zero-order chi connectivity index (χ0) is 14.9. The van der Waals surface area contributed by atoms with Gasteiger partial charge in [0.15, 0.2) is 11.6 Å². The second kappa shape index (κ2) is 5.95. The molecule has 1 aliphatic carbocycles. The maximum absolute atomic E-state index is 13.7. The third kappa shape index (κ3) is 3.22. The molecular formula is C15H20BFO4. The van der Waals surface area contributed by atoms with Crippen LogP contribution in [0.3, 0.4) is 0 Å². The number of rotatable bonds is 4. The van der Waals surface area contributed by atoms with E-state index < -0.39 is 12.9 Å². The highest BCUT2D eigenvalue weighted by molar-refractivity contribution is 6.58. The standard InChI is InChI=1S/C15H20BFO4/c17-13-4-3-11(16(18)19)9-14(13)20-10-12-5-8-15(21-12)6-1-2-7-15/h3-4,9,12,18-19H,1-2,5-8,10H2. The van der Waals surface area contributed by atoms with Crippen molar-refractivity contribution in [2.24, 2.45) is 0 Å². The topological polar surface area (TPSA) is 58.9 Å². The first-order valence-corrected chi connectivity index (χ1v) is 7.54. The molecule has 1 aromatic rings. The summed E-state index contributed by atoms with van der Waals surface area (Å²) in [6, 6.07) is 3.82. The predicted octanol–water partition coefficient (Wildman–Crippen LogP) is 1.38. The molecule has 1 heterocycles. The van der Waals surface area contributed by atoms with Gasteiger partial charge in [-0.15, -0.1) is 0 Å². The van der Waals surface area contributed by atoms with Crippen LogP contribution in [0.25, 0.3) is 0 Å². The van der Waals surface area contributed by atoms with E-state index in [0.717, 1.165) is 25.7 Å². The highest BCUT2D eigenvalue weighted by atomic mass is 19.1. The summed E-state index contributed by atoms with van der Waals surface area (Å²) in [6.45, 7) is 0.295. The Morgan fingerprint density at radius 2 is 2.05 bits per heavy atom. The van der Waals surface area contributed by atoms with Crippen molar-refractivity contribution >= 4 is 12.6 Å². The van der Waals surface area contributed by atoms with Gasteiger partial charge in [0.05, 0.1) is 11.7 Å². The summed E-state index contributed by atoms with van der Waals surface area (Å²) in [5.74, 6) is -0.468. The van der Waals surface area contributed by atoms with Crippen LogP contribution in [0.5, 0.6) is 5.75 Å². The van der Waals surface area contributed by atoms with Gasteiger partial charge >= 0.3 is 7.12 Å².